The summed E-state index contributed by atoms with van der Waals surface area (Å²) >= 11 is 0. The van der Waals surface area contributed by atoms with E-state index >= 15 is 0 Å². The molecule has 0 spiro atoms. The summed E-state index contributed by atoms with van der Waals surface area (Å²) in [5.74, 6) is 0.845. The minimum atomic E-state index is 0.280. The highest BCUT2D eigenvalue weighted by atomic mass is 15.2. The summed E-state index contributed by atoms with van der Waals surface area (Å²) in [6, 6.07) is 0. The van der Waals surface area contributed by atoms with Gasteiger partial charge in [-0.3, -0.25) is 4.90 Å². The van der Waals surface area contributed by atoms with Gasteiger partial charge in [0.2, 0.25) is 0 Å². The van der Waals surface area contributed by atoms with Gasteiger partial charge in [-0.15, -0.1) is 0 Å². The predicted octanol–water partition coefficient (Wildman–Crippen LogP) is 0.602. The predicted molar refractivity (Wildman–Crippen MR) is 81.6 cm³/mol. The van der Waals surface area contributed by atoms with Crippen LogP contribution in [0.2, 0.25) is 0 Å². The van der Waals surface area contributed by atoms with Crippen molar-refractivity contribution in [3.63, 3.8) is 0 Å². The second-order valence-corrected chi connectivity index (χ2v) is 6.95. The van der Waals surface area contributed by atoms with E-state index in [1.165, 1.54) is 45.6 Å². The lowest BCUT2D eigenvalue weighted by Gasteiger charge is -2.41. The maximum Gasteiger partial charge on any atom is 0.0278 e. The Bertz CT molecular complexity index is 261. The van der Waals surface area contributed by atoms with Crippen LogP contribution >= 0.6 is 0 Å². The van der Waals surface area contributed by atoms with Gasteiger partial charge in [-0.25, -0.2) is 0 Å². The molecule has 2 aliphatic heterocycles. The summed E-state index contributed by atoms with van der Waals surface area (Å²) in [6.07, 6.45) is 2.76. The Hall–Kier alpha value is -0.160. The normalized spacial score (nSPS) is 27.6. The average molecular weight is 268 g/mol. The van der Waals surface area contributed by atoms with Crippen molar-refractivity contribution in [3.05, 3.63) is 0 Å². The van der Waals surface area contributed by atoms with Crippen molar-refractivity contribution >= 4 is 0 Å². The summed E-state index contributed by atoms with van der Waals surface area (Å²) in [5.41, 5.74) is 0.280. The third-order valence-corrected chi connectivity index (χ3v) is 4.69. The number of piperazine rings is 1. The molecule has 0 radical (unpaired) electrons. The fraction of sp³-hybridized carbons (Fsp3) is 1.00. The van der Waals surface area contributed by atoms with Gasteiger partial charge >= 0.3 is 0 Å². The van der Waals surface area contributed by atoms with Crippen molar-refractivity contribution in [2.75, 3.05) is 59.4 Å². The molecule has 0 aromatic rings. The number of rotatable bonds is 5. The molecular formula is C15H32N4. The summed E-state index contributed by atoms with van der Waals surface area (Å²) in [4.78, 5) is 5.08. The van der Waals surface area contributed by atoms with Crippen LogP contribution in [0.25, 0.3) is 0 Å². The van der Waals surface area contributed by atoms with Crippen LogP contribution < -0.4 is 10.6 Å². The van der Waals surface area contributed by atoms with E-state index in [0.29, 0.717) is 0 Å². The van der Waals surface area contributed by atoms with Gasteiger partial charge in [-0.2, -0.15) is 0 Å². The molecule has 2 rings (SSSR count). The monoisotopic (exact) mass is 268 g/mol. The highest BCUT2D eigenvalue weighted by Gasteiger charge is 2.27. The number of hydrogen-bond acceptors (Lipinski definition) is 4. The number of likely N-dealkylation sites (tertiary alicyclic amines) is 1. The minimum absolute atomic E-state index is 0.280. The number of nitrogens with one attached hydrogen (secondary N) is 2. The van der Waals surface area contributed by atoms with E-state index in [0.717, 1.165) is 25.6 Å². The standard InChI is InChI=1S/C15H32N4/c1-15(2,19-9-6-16-7-10-19)13-17-11-14-5-4-8-18(3)12-14/h14,16-17H,4-13H2,1-3H3. The smallest absolute Gasteiger partial charge is 0.0278 e. The molecule has 112 valence electrons. The van der Waals surface area contributed by atoms with Crippen molar-refractivity contribution in [1.82, 2.24) is 20.4 Å². The van der Waals surface area contributed by atoms with Crippen LogP contribution in [0.3, 0.4) is 0 Å². The van der Waals surface area contributed by atoms with E-state index in [4.69, 9.17) is 0 Å². The summed E-state index contributed by atoms with van der Waals surface area (Å²) in [5, 5.41) is 7.16. The van der Waals surface area contributed by atoms with Gasteiger partial charge in [0.25, 0.3) is 0 Å². The molecule has 0 saturated carbocycles. The molecule has 0 aromatic carbocycles. The summed E-state index contributed by atoms with van der Waals surface area (Å²) in [7, 11) is 2.25. The summed E-state index contributed by atoms with van der Waals surface area (Å²) in [6.45, 7) is 14.2. The molecule has 4 heteroatoms. The van der Waals surface area contributed by atoms with E-state index in [2.05, 4.69) is 41.3 Å². The molecule has 0 amide bonds. The van der Waals surface area contributed by atoms with E-state index < -0.39 is 0 Å². The van der Waals surface area contributed by atoms with Crippen molar-refractivity contribution in [2.45, 2.75) is 32.2 Å². The lowest BCUT2D eigenvalue weighted by Crippen LogP contribution is -2.57. The third-order valence-electron chi connectivity index (χ3n) is 4.69. The highest BCUT2D eigenvalue weighted by Crippen LogP contribution is 2.16. The lowest BCUT2D eigenvalue weighted by molar-refractivity contribution is 0.0993. The zero-order chi connectivity index (χ0) is 13.7. The first-order valence-corrected chi connectivity index (χ1v) is 7.93. The Kier molecular flexibility index (Phi) is 5.63. The Balaban J connectivity index is 1.68. The molecule has 1 unspecified atom stereocenters. The average Bonchev–Trinajstić information content (AvgIpc) is 2.40. The highest BCUT2D eigenvalue weighted by molar-refractivity contribution is 4.87. The van der Waals surface area contributed by atoms with Crippen molar-refractivity contribution in [1.29, 1.82) is 0 Å². The van der Waals surface area contributed by atoms with Crippen molar-refractivity contribution < 1.29 is 0 Å². The first-order chi connectivity index (χ1) is 9.08. The van der Waals surface area contributed by atoms with Gasteiger partial charge in [0.1, 0.15) is 0 Å². The van der Waals surface area contributed by atoms with Crippen LogP contribution in [0.15, 0.2) is 0 Å². The molecular weight excluding hydrogens is 236 g/mol. The molecule has 2 fully saturated rings. The third kappa shape index (κ3) is 4.71. The first kappa shape index (κ1) is 15.2. The fourth-order valence-electron chi connectivity index (χ4n) is 3.40. The van der Waals surface area contributed by atoms with Gasteiger partial charge in [0.15, 0.2) is 0 Å². The lowest BCUT2D eigenvalue weighted by atomic mass is 9.97. The second-order valence-electron chi connectivity index (χ2n) is 6.95. The van der Waals surface area contributed by atoms with E-state index in [1.54, 1.807) is 0 Å². The SMILES string of the molecule is CN1CCCC(CNCC(C)(C)N2CCNCC2)C1. The second kappa shape index (κ2) is 7.02. The fourth-order valence-corrected chi connectivity index (χ4v) is 3.40. The molecule has 2 aliphatic rings. The zero-order valence-corrected chi connectivity index (χ0v) is 13.0. The van der Waals surface area contributed by atoms with Gasteiger partial charge in [0.05, 0.1) is 0 Å². The van der Waals surface area contributed by atoms with Gasteiger partial charge in [-0.1, -0.05) is 0 Å². The Morgan fingerprint density at radius 2 is 1.95 bits per heavy atom. The Labute approximate surface area is 118 Å². The topological polar surface area (TPSA) is 30.5 Å². The molecule has 19 heavy (non-hydrogen) atoms. The number of piperidine rings is 1. The van der Waals surface area contributed by atoms with Crippen molar-refractivity contribution in [3.8, 4) is 0 Å². The van der Waals surface area contributed by atoms with E-state index in [9.17, 15) is 0 Å². The van der Waals surface area contributed by atoms with Gasteiger partial charge in [-0.05, 0) is 52.7 Å². The van der Waals surface area contributed by atoms with Crippen LogP contribution in [-0.2, 0) is 0 Å². The zero-order valence-electron chi connectivity index (χ0n) is 13.0. The quantitative estimate of drug-likeness (QED) is 0.764. The van der Waals surface area contributed by atoms with Gasteiger partial charge < -0.3 is 15.5 Å². The molecule has 2 saturated heterocycles. The minimum Gasteiger partial charge on any atom is -0.315 e. The van der Waals surface area contributed by atoms with E-state index in [-0.39, 0.29) is 5.54 Å². The maximum absolute atomic E-state index is 3.72. The largest absolute Gasteiger partial charge is 0.315 e. The Morgan fingerprint density at radius 3 is 2.63 bits per heavy atom. The van der Waals surface area contributed by atoms with Gasteiger partial charge in [0, 0.05) is 44.8 Å². The molecule has 0 aromatic heterocycles. The molecule has 2 N–H and O–H groups in total. The number of nitrogens with zero attached hydrogens (tertiary/aromatic N) is 2. The molecule has 0 aliphatic carbocycles. The van der Waals surface area contributed by atoms with Crippen LogP contribution in [0.4, 0.5) is 0 Å². The van der Waals surface area contributed by atoms with E-state index in [1.807, 2.05) is 0 Å². The van der Waals surface area contributed by atoms with Crippen LogP contribution in [0.5, 0.6) is 0 Å². The van der Waals surface area contributed by atoms with Crippen molar-refractivity contribution in [2.24, 2.45) is 5.92 Å². The maximum atomic E-state index is 3.72. The Morgan fingerprint density at radius 1 is 1.21 bits per heavy atom. The van der Waals surface area contributed by atoms with Crippen LogP contribution in [-0.4, -0.2) is 74.7 Å². The number of hydrogen-bond donors (Lipinski definition) is 2. The van der Waals surface area contributed by atoms with Crippen LogP contribution in [0, 0.1) is 5.92 Å². The first-order valence-electron chi connectivity index (χ1n) is 7.93. The molecule has 2 heterocycles. The summed E-state index contributed by atoms with van der Waals surface area (Å²) < 4.78 is 0. The molecule has 1 atom stereocenters. The molecule has 4 nitrogen and oxygen atoms in total. The molecule has 0 bridgehead atoms. The van der Waals surface area contributed by atoms with Crippen LogP contribution in [0.1, 0.15) is 26.7 Å².